The summed E-state index contributed by atoms with van der Waals surface area (Å²) < 4.78 is 80.8. The molecule has 3 rings (SSSR count). The molecule has 0 aromatic heterocycles. The summed E-state index contributed by atoms with van der Waals surface area (Å²) in [4.78, 5) is 0. The number of rotatable bonds is 6. The summed E-state index contributed by atoms with van der Waals surface area (Å²) in [7, 11) is 0. The highest BCUT2D eigenvalue weighted by molar-refractivity contribution is 5.86. The predicted molar refractivity (Wildman–Crippen MR) is 100 cm³/mol. The van der Waals surface area contributed by atoms with Gasteiger partial charge < -0.3 is 5.32 Å². The van der Waals surface area contributed by atoms with Gasteiger partial charge in [0.2, 0.25) is 0 Å². The molecule has 26 heavy (non-hydrogen) atoms. The molecule has 1 nitrogen and oxygen atoms in total. The zero-order chi connectivity index (χ0) is 23.1. The largest absolute Gasteiger partial charge is 0.416 e. The third-order valence-corrected chi connectivity index (χ3v) is 4.08. The Labute approximate surface area is 158 Å². The summed E-state index contributed by atoms with van der Waals surface area (Å²) in [5, 5.41) is 4.03. The van der Waals surface area contributed by atoms with Gasteiger partial charge in [-0.05, 0) is 54.2 Å². The summed E-state index contributed by atoms with van der Waals surface area (Å²) in [6.07, 6.45) is -7.76. The van der Waals surface area contributed by atoms with Crippen molar-refractivity contribution in [3.8, 4) is 0 Å². The molecule has 3 aromatic carbocycles. The summed E-state index contributed by atoms with van der Waals surface area (Å²) >= 11 is 0. The van der Waals surface area contributed by atoms with E-state index in [-0.39, 0.29) is 5.56 Å². The lowest BCUT2D eigenvalue weighted by Gasteiger charge is -2.17. The highest BCUT2D eigenvalue weighted by atomic mass is 19.4. The van der Waals surface area contributed by atoms with Gasteiger partial charge in [-0.2, -0.15) is 13.2 Å². The Morgan fingerprint density at radius 3 is 2.58 bits per heavy atom. The first-order valence-electron chi connectivity index (χ1n) is 10.7. The number of benzene rings is 3. The Hall–Kier alpha value is -2.33. The molecule has 1 atom stereocenters. The zero-order valence-electron chi connectivity index (χ0n) is 19.2. The van der Waals surface area contributed by atoms with Gasteiger partial charge in [0, 0.05) is 11.5 Å². The molecule has 136 valence electrons. The fraction of sp³-hybridized carbons (Fsp3) is 0.273. The molecule has 3 aromatic rings. The minimum absolute atomic E-state index is 0.0161. The molecule has 0 amide bonds. The van der Waals surface area contributed by atoms with E-state index in [1.807, 2.05) is 18.2 Å². The fourth-order valence-electron chi connectivity index (χ4n) is 2.76. The van der Waals surface area contributed by atoms with Crippen LogP contribution in [0.15, 0.2) is 66.7 Å². The first kappa shape index (κ1) is 12.9. The Bertz CT molecular complexity index is 1070. The molecular formula is C22H22F3N. The van der Waals surface area contributed by atoms with Crippen molar-refractivity contribution >= 4 is 10.8 Å². The van der Waals surface area contributed by atoms with Crippen LogP contribution < -0.4 is 5.32 Å². The topological polar surface area (TPSA) is 12.0 Å². The van der Waals surface area contributed by atoms with E-state index in [4.69, 9.17) is 6.85 Å². The van der Waals surface area contributed by atoms with Crippen LogP contribution in [0.4, 0.5) is 13.2 Å². The van der Waals surface area contributed by atoms with Crippen LogP contribution in [0.2, 0.25) is 0 Å². The lowest BCUT2D eigenvalue weighted by Crippen LogP contribution is -2.20. The molecule has 0 unspecified atom stereocenters. The maximum absolute atomic E-state index is 13.0. The van der Waals surface area contributed by atoms with Crippen molar-refractivity contribution in [2.75, 3.05) is 6.50 Å². The average Bonchev–Trinajstić information content (AvgIpc) is 2.66. The molecule has 4 heteroatoms. The first-order valence-corrected chi connectivity index (χ1v) is 8.17. The van der Waals surface area contributed by atoms with Gasteiger partial charge in [-0.1, -0.05) is 60.7 Å². The van der Waals surface area contributed by atoms with E-state index in [2.05, 4.69) is 5.32 Å². The predicted octanol–water partition coefficient (Wildman–Crippen LogP) is 6.14. The number of alkyl halides is 3. The molecule has 0 fully saturated rings. The lowest BCUT2D eigenvalue weighted by atomic mass is 9.99. The van der Waals surface area contributed by atoms with E-state index < -0.39 is 37.0 Å². The fourth-order valence-corrected chi connectivity index (χ4v) is 2.76. The van der Waals surface area contributed by atoms with Crippen LogP contribution in [-0.4, -0.2) is 6.50 Å². The molecule has 0 aliphatic rings. The second-order valence-electron chi connectivity index (χ2n) is 5.95. The molecule has 0 aliphatic carbocycles. The van der Waals surface area contributed by atoms with E-state index in [0.29, 0.717) is 5.56 Å². The maximum atomic E-state index is 13.0. The number of halogens is 3. The van der Waals surface area contributed by atoms with Crippen molar-refractivity contribution < 1.29 is 20.0 Å². The number of aryl methyl sites for hydroxylation is 1. The monoisotopic (exact) mass is 362 g/mol. The van der Waals surface area contributed by atoms with Crippen LogP contribution in [0.25, 0.3) is 10.8 Å². The van der Waals surface area contributed by atoms with E-state index >= 15 is 0 Å². The minimum atomic E-state index is -4.58. The van der Waals surface area contributed by atoms with Crippen molar-refractivity contribution in [2.24, 2.45) is 0 Å². The van der Waals surface area contributed by atoms with Crippen LogP contribution in [0.5, 0.6) is 0 Å². The van der Waals surface area contributed by atoms with Crippen LogP contribution in [0.1, 0.15) is 42.9 Å². The summed E-state index contributed by atoms with van der Waals surface area (Å²) in [5.41, 5.74) is -0.443. The molecule has 0 saturated carbocycles. The standard InChI is InChI=1S/C22H22F3N/c1-16(20-13-5-10-18-9-2-3-12-21(18)20)26-14-6-8-17-7-4-11-19(15-17)22(23,24)25/h2-5,7,9-13,15-16,26H,6,8,14H2,1H3/t16-/m0/s1/i6D2,14D2,16D. The molecule has 1 N–H and O–H groups in total. The van der Waals surface area contributed by atoms with E-state index in [1.165, 1.54) is 19.1 Å². The van der Waals surface area contributed by atoms with Crippen molar-refractivity contribution in [3.63, 3.8) is 0 Å². The van der Waals surface area contributed by atoms with Crippen molar-refractivity contribution in [1.29, 1.82) is 0 Å². The van der Waals surface area contributed by atoms with E-state index in [0.717, 1.165) is 22.9 Å². The van der Waals surface area contributed by atoms with Gasteiger partial charge in [-0.3, -0.25) is 0 Å². The van der Waals surface area contributed by atoms with Crippen LogP contribution >= 0.6 is 0 Å². The van der Waals surface area contributed by atoms with Crippen molar-refractivity contribution in [2.45, 2.75) is 31.9 Å². The molecule has 0 spiro atoms. The first-order chi connectivity index (χ1) is 14.2. The average molecular weight is 362 g/mol. The highest BCUT2D eigenvalue weighted by Gasteiger charge is 2.30. The van der Waals surface area contributed by atoms with Gasteiger partial charge in [-0.25, -0.2) is 0 Å². The minimum Gasteiger partial charge on any atom is -0.310 e. The van der Waals surface area contributed by atoms with Crippen molar-refractivity contribution in [1.82, 2.24) is 5.32 Å². The Balaban J connectivity index is 1.89. The quantitative estimate of drug-likeness (QED) is 0.555. The molecule has 0 heterocycles. The SMILES string of the molecule is [2H]C([2H])(Cc1cccc(C(F)(F)F)c1)C([2H])([2H])N[C@@]([2H])(C)c1cccc2ccccc12. The highest BCUT2D eigenvalue weighted by Crippen LogP contribution is 2.29. The maximum Gasteiger partial charge on any atom is 0.416 e. The molecule has 0 saturated heterocycles. The molecule has 0 radical (unpaired) electrons. The van der Waals surface area contributed by atoms with Crippen LogP contribution in [0, 0.1) is 0 Å². The third kappa shape index (κ3) is 4.44. The summed E-state index contributed by atoms with van der Waals surface area (Å²) in [5.74, 6) is 0. The Morgan fingerprint density at radius 1 is 1.04 bits per heavy atom. The summed E-state index contributed by atoms with van der Waals surface area (Å²) in [6.45, 7) is -1.29. The lowest BCUT2D eigenvalue weighted by molar-refractivity contribution is -0.137. The number of fused-ring (bicyclic) bond motifs is 1. The van der Waals surface area contributed by atoms with Crippen molar-refractivity contribution in [3.05, 3.63) is 83.4 Å². The second kappa shape index (κ2) is 7.92. The zero-order valence-corrected chi connectivity index (χ0v) is 14.2. The second-order valence-corrected chi connectivity index (χ2v) is 5.95. The Kier molecular flexibility index (Phi) is 3.94. The van der Waals surface area contributed by atoms with Gasteiger partial charge in [0.25, 0.3) is 0 Å². The Morgan fingerprint density at radius 2 is 1.77 bits per heavy atom. The van der Waals surface area contributed by atoms with Gasteiger partial charge in [0.1, 0.15) is 0 Å². The molecular weight excluding hydrogens is 335 g/mol. The van der Waals surface area contributed by atoms with E-state index in [9.17, 15) is 13.2 Å². The van der Waals surface area contributed by atoms with Gasteiger partial charge in [0.15, 0.2) is 0 Å². The normalized spacial score (nSPS) is 18.2. The third-order valence-electron chi connectivity index (χ3n) is 4.08. The van der Waals surface area contributed by atoms with Gasteiger partial charge in [-0.15, -0.1) is 0 Å². The number of hydrogen-bond acceptors (Lipinski definition) is 1. The van der Waals surface area contributed by atoms with E-state index in [1.54, 1.807) is 24.3 Å². The van der Waals surface area contributed by atoms with Gasteiger partial charge >= 0.3 is 6.18 Å². The van der Waals surface area contributed by atoms with Crippen LogP contribution in [-0.2, 0) is 12.6 Å². The number of hydrogen-bond donors (Lipinski definition) is 1. The number of nitrogens with one attached hydrogen (secondary N) is 1. The van der Waals surface area contributed by atoms with Gasteiger partial charge in [0.05, 0.1) is 6.93 Å². The van der Waals surface area contributed by atoms with Crippen LogP contribution in [0.3, 0.4) is 0 Å². The smallest absolute Gasteiger partial charge is 0.310 e. The molecule has 0 aliphatic heterocycles. The summed E-state index contributed by atoms with van der Waals surface area (Å²) in [6, 6.07) is 15.0. The molecule has 0 bridgehead atoms.